The van der Waals surface area contributed by atoms with E-state index in [9.17, 15) is 4.39 Å². The van der Waals surface area contributed by atoms with E-state index >= 15 is 0 Å². The lowest BCUT2D eigenvalue weighted by molar-refractivity contribution is 0.640. The molecule has 0 aliphatic heterocycles. The first-order chi connectivity index (χ1) is 5.54. The number of nitrogens with two attached hydrogens (primary N) is 1. The van der Waals surface area contributed by atoms with Crippen LogP contribution in [0.4, 0.5) is 4.39 Å². The first-order valence-corrected chi connectivity index (χ1v) is 4.05. The Morgan fingerprint density at radius 2 is 2.17 bits per heavy atom. The number of allylic oxidation sites excluding steroid dienone is 4. The fourth-order valence-corrected chi connectivity index (χ4v) is 0.873. The summed E-state index contributed by atoms with van der Waals surface area (Å²) in [4.78, 5) is 0. The Hall–Kier alpha value is -0.760. The van der Waals surface area contributed by atoms with Gasteiger partial charge in [0.25, 0.3) is 0 Å². The molecule has 0 aliphatic rings. The van der Waals surface area contributed by atoms with Crippen LogP contribution < -0.4 is 5.73 Å². The molecule has 0 atom stereocenters. The second-order valence-electron chi connectivity index (χ2n) is 2.34. The van der Waals surface area contributed by atoms with E-state index in [1.54, 1.807) is 0 Å². The monoisotopic (exact) mass is 189 g/mol. The lowest BCUT2D eigenvalue weighted by atomic mass is 10.1. The Morgan fingerprint density at radius 3 is 2.42 bits per heavy atom. The molecule has 0 rings (SSSR count). The zero-order valence-corrected chi connectivity index (χ0v) is 8.08. The number of hydrogen-bond donors (Lipinski definition) is 1. The van der Waals surface area contributed by atoms with E-state index in [4.69, 9.17) is 17.3 Å². The molecule has 3 heteroatoms. The molecule has 0 aromatic heterocycles. The van der Waals surface area contributed by atoms with Gasteiger partial charge >= 0.3 is 0 Å². The van der Waals surface area contributed by atoms with Crippen molar-refractivity contribution in [2.24, 2.45) is 5.73 Å². The van der Waals surface area contributed by atoms with E-state index in [1.165, 1.54) is 13.0 Å². The van der Waals surface area contributed by atoms with Crippen molar-refractivity contribution in [3.63, 3.8) is 0 Å². The van der Waals surface area contributed by atoms with Crippen LogP contribution in [0.2, 0.25) is 0 Å². The molecule has 0 heterocycles. The van der Waals surface area contributed by atoms with Gasteiger partial charge in [-0.1, -0.05) is 31.2 Å². The molecule has 0 saturated carbocycles. The van der Waals surface area contributed by atoms with Crippen LogP contribution in [-0.4, -0.2) is 0 Å². The Kier molecular flexibility index (Phi) is 4.67. The van der Waals surface area contributed by atoms with Crippen molar-refractivity contribution < 1.29 is 4.39 Å². The Balaban J connectivity index is 5.01. The fraction of sp³-hybridized carbons (Fsp3) is 0.333. The molecular formula is C9H13ClFN. The maximum atomic E-state index is 13.1. The third-order valence-electron chi connectivity index (χ3n) is 1.51. The molecule has 0 saturated heterocycles. The topological polar surface area (TPSA) is 26.0 Å². The average Bonchev–Trinajstić information content (AvgIpc) is 2.05. The summed E-state index contributed by atoms with van der Waals surface area (Å²) in [5.74, 6) is -0.562. The molecule has 0 aromatic rings. The molecule has 0 spiro atoms. The summed E-state index contributed by atoms with van der Waals surface area (Å²) in [7, 11) is 0. The maximum absolute atomic E-state index is 13.1. The summed E-state index contributed by atoms with van der Waals surface area (Å²) in [5.41, 5.74) is 6.23. The molecular weight excluding hydrogens is 177 g/mol. The smallest absolute Gasteiger partial charge is 0.160 e. The van der Waals surface area contributed by atoms with Gasteiger partial charge in [0, 0.05) is 0 Å². The molecule has 2 N–H and O–H groups in total. The van der Waals surface area contributed by atoms with Crippen molar-refractivity contribution >= 4 is 11.6 Å². The highest BCUT2D eigenvalue weighted by Crippen LogP contribution is 2.19. The maximum Gasteiger partial charge on any atom is 0.160 e. The van der Waals surface area contributed by atoms with Crippen LogP contribution in [0, 0.1) is 0 Å². The summed E-state index contributed by atoms with van der Waals surface area (Å²) < 4.78 is 13.1. The van der Waals surface area contributed by atoms with Gasteiger partial charge in [0.1, 0.15) is 0 Å². The van der Waals surface area contributed by atoms with Gasteiger partial charge in [-0.2, -0.15) is 0 Å². The van der Waals surface area contributed by atoms with Crippen molar-refractivity contribution in [1.82, 2.24) is 0 Å². The lowest BCUT2D eigenvalue weighted by Gasteiger charge is -2.03. The highest BCUT2D eigenvalue weighted by Gasteiger charge is 2.06. The minimum absolute atomic E-state index is 0.0697. The zero-order chi connectivity index (χ0) is 9.72. The first-order valence-electron chi connectivity index (χ1n) is 3.67. The largest absolute Gasteiger partial charge is 0.396 e. The van der Waals surface area contributed by atoms with Crippen molar-refractivity contribution in [2.75, 3.05) is 0 Å². The normalized spacial score (nSPS) is 15.0. The molecule has 0 bridgehead atoms. The summed E-state index contributed by atoms with van der Waals surface area (Å²) in [5, 5.41) is 0.0697. The average molecular weight is 190 g/mol. The molecule has 0 amide bonds. The van der Waals surface area contributed by atoms with Gasteiger partial charge in [-0.05, 0) is 18.9 Å². The minimum Gasteiger partial charge on any atom is -0.396 e. The quantitative estimate of drug-likeness (QED) is 0.678. The summed E-state index contributed by atoms with van der Waals surface area (Å²) >= 11 is 5.44. The van der Waals surface area contributed by atoms with Crippen LogP contribution in [0.15, 0.2) is 34.8 Å². The van der Waals surface area contributed by atoms with E-state index in [2.05, 4.69) is 6.58 Å². The van der Waals surface area contributed by atoms with Gasteiger partial charge in [-0.15, -0.1) is 0 Å². The second-order valence-corrected chi connectivity index (χ2v) is 2.91. The van der Waals surface area contributed by atoms with Gasteiger partial charge in [0.05, 0.1) is 10.7 Å². The summed E-state index contributed by atoms with van der Waals surface area (Å²) in [6, 6.07) is 0. The van der Waals surface area contributed by atoms with Crippen molar-refractivity contribution in [1.29, 1.82) is 0 Å². The van der Waals surface area contributed by atoms with Crippen LogP contribution in [0.3, 0.4) is 0 Å². The standard InChI is InChI=1S/C9H13ClFN/c1-4-7(5-2)9(12)8(11)6(3)10/h4H,1,5,12H2,2-3H3/b8-6-,9-7-. The lowest BCUT2D eigenvalue weighted by Crippen LogP contribution is -2.02. The Bertz CT molecular complexity index is 237. The highest BCUT2D eigenvalue weighted by molar-refractivity contribution is 6.29. The van der Waals surface area contributed by atoms with Crippen molar-refractivity contribution in [2.45, 2.75) is 20.3 Å². The van der Waals surface area contributed by atoms with E-state index < -0.39 is 5.83 Å². The van der Waals surface area contributed by atoms with Crippen LogP contribution in [0.1, 0.15) is 20.3 Å². The molecule has 0 aromatic carbocycles. The van der Waals surface area contributed by atoms with Crippen molar-refractivity contribution in [3.05, 3.63) is 34.8 Å². The fourth-order valence-electron chi connectivity index (χ4n) is 0.771. The predicted molar refractivity (Wildman–Crippen MR) is 51.4 cm³/mol. The van der Waals surface area contributed by atoms with Gasteiger partial charge in [0.15, 0.2) is 5.83 Å². The second kappa shape index (κ2) is 4.99. The number of rotatable bonds is 3. The molecule has 0 radical (unpaired) electrons. The summed E-state index contributed by atoms with van der Waals surface area (Å²) in [6.45, 7) is 6.86. The van der Waals surface area contributed by atoms with Gasteiger partial charge in [0.2, 0.25) is 0 Å². The molecule has 68 valence electrons. The van der Waals surface area contributed by atoms with Crippen LogP contribution in [-0.2, 0) is 0 Å². The zero-order valence-electron chi connectivity index (χ0n) is 7.32. The van der Waals surface area contributed by atoms with E-state index in [1.807, 2.05) is 6.92 Å². The van der Waals surface area contributed by atoms with Crippen LogP contribution in [0.5, 0.6) is 0 Å². The molecule has 0 fully saturated rings. The van der Waals surface area contributed by atoms with E-state index in [0.29, 0.717) is 12.0 Å². The highest BCUT2D eigenvalue weighted by atomic mass is 35.5. The number of hydrogen-bond acceptors (Lipinski definition) is 1. The predicted octanol–water partition coefficient (Wildman–Crippen LogP) is 3.24. The van der Waals surface area contributed by atoms with E-state index in [0.717, 1.165) is 0 Å². The third kappa shape index (κ3) is 2.70. The SMILES string of the molecule is C=C/C(CC)=C(N)\C(F)=C(/C)Cl. The molecule has 0 unspecified atom stereocenters. The van der Waals surface area contributed by atoms with Gasteiger partial charge < -0.3 is 5.73 Å². The van der Waals surface area contributed by atoms with E-state index in [-0.39, 0.29) is 10.7 Å². The summed E-state index contributed by atoms with van der Waals surface area (Å²) in [6.07, 6.45) is 2.18. The third-order valence-corrected chi connectivity index (χ3v) is 1.68. The van der Waals surface area contributed by atoms with Crippen LogP contribution in [0.25, 0.3) is 0 Å². The number of halogens is 2. The Morgan fingerprint density at radius 1 is 1.67 bits per heavy atom. The Labute approximate surface area is 77.4 Å². The first kappa shape index (κ1) is 11.2. The minimum atomic E-state index is -0.562. The molecule has 1 nitrogen and oxygen atoms in total. The van der Waals surface area contributed by atoms with Gasteiger partial charge in [-0.3, -0.25) is 0 Å². The van der Waals surface area contributed by atoms with Gasteiger partial charge in [-0.25, -0.2) is 4.39 Å². The molecule has 0 aliphatic carbocycles. The van der Waals surface area contributed by atoms with Crippen LogP contribution >= 0.6 is 11.6 Å². The van der Waals surface area contributed by atoms with Crippen molar-refractivity contribution in [3.8, 4) is 0 Å². The molecule has 12 heavy (non-hydrogen) atoms.